The molecule has 0 bridgehead atoms. The molecule has 0 spiro atoms. The molecule has 0 N–H and O–H groups in total. The van der Waals surface area contributed by atoms with Crippen LogP contribution in [0.1, 0.15) is 5.56 Å². The first-order valence-electron chi connectivity index (χ1n) is 7.53. The molecule has 0 fully saturated rings. The Morgan fingerprint density at radius 1 is 1.00 bits per heavy atom. The van der Waals surface area contributed by atoms with Gasteiger partial charge in [0.15, 0.2) is 9.84 Å². The lowest BCUT2D eigenvalue weighted by Gasteiger charge is -2.20. The second kappa shape index (κ2) is 6.98. The Labute approximate surface area is 145 Å². The summed E-state index contributed by atoms with van der Waals surface area (Å²) in [5, 5.41) is 0. The van der Waals surface area contributed by atoms with Crippen molar-refractivity contribution in [2.24, 2.45) is 0 Å². The molecule has 1 aliphatic heterocycles. The number of benzene rings is 2. The largest absolute Gasteiger partial charge is 0.497 e. The first kappa shape index (κ1) is 17.0. The standard InChI is InChI=1S/C18H16O6S/c1-22-14-7-9-15(10-8-14)24-18(19)16-17(13-5-3-2-4-6-13)25(20,21)12-11-23-16/h2-10H,11-12H2,1H3. The van der Waals surface area contributed by atoms with E-state index in [2.05, 4.69) is 0 Å². The Bertz CT molecular complexity index is 898. The van der Waals surface area contributed by atoms with Crippen LogP contribution in [0.5, 0.6) is 11.5 Å². The SMILES string of the molecule is COc1ccc(OC(=O)C2=C(c3ccccc3)S(=O)(=O)CCO2)cc1. The van der Waals surface area contributed by atoms with Crippen molar-refractivity contribution in [1.29, 1.82) is 0 Å². The third kappa shape index (κ3) is 3.66. The molecule has 1 aliphatic rings. The normalized spacial score (nSPS) is 16.0. The Balaban J connectivity index is 1.98. The molecule has 0 atom stereocenters. The number of carbonyl (C=O) groups is 1. The molecule has 6 nitrogen and oxygen atoms in total. The predicted octanol–water partition coefficient (Wildman–Crippen LogP) is 2.41. The van der Waals surface area contributed by atoms with Crippen LogP contribution in [-0.4, -0.2) is 33.9 Å². The fraction of sp³-hybridized carbons (Fsp3) is 0.167. The van der Waals surface area contributed by atoms with Gasteiger partial charge in [-0.2, -0.15) is 0 Å². The van der Waals surface area contributed by atoms with Crippen LogP contribution in [0, 0.1) is 0 Å². The van der Waals surface area contributed by atoms with Crippen molar-refractivity contribution < 1.29 is 27.4 Å². The van der Waals surface area contributed by atoms with E-state index in [0.717, 1.165) is 0 Å². The van der Waals surface area contributed by atoms with Crippen molar-refractivity contribution in [3.8, 4) is 11.5 Å². The van der Waals surface area contributed by atoms with E-state index in [4.69, 9.17) is 14.2 Å². The molecule has 7 heteroatoms. The zero-order chi connectivity index (χ0) is 17.9. The van der Waals surface area contributed by atoms with E-state index >= 15 is 0 Å². The summed E-state index contributed by atoms with van der Waals surface area (Å²) < 4.78 is 40.6. The summed E-state index contributed by atoms with van der Waals surface area (Å²) in [7, 11) is -2.11. The quantitative estimate of drug-likeness (QED) is 0.615. The molecule has 0 saturated carbocycles. The van der Waals surface area contributed by atoms with E-state index in [0.29, 0.717) is 11.3 Å². The fourth-order valence-electron chi connectivity index (χ4n) is 2.41. The first-order valence-corrected chi connectivity index (χ1v) is 9.18. The van der Waals surface area contributed by atoms with Crippen LogP contribution in [0.15, 0.2) is 60.4 Å². The maximum Gasteiger partial charge on any atom is 0.380 e. The maximum atomic E-state index is 12.5. The minimum absolute atomic E-state index is 0.0916. The lowest BCUT2D eigenvalue weighted by Crippen LogP contribution is -2.27. The molecule has 3 rings (SSSR count). The van der Waals surface area contributed by atoms with Gasteiger partial charge in [0.25, 0.3) is 0 Å². The van der Waals surface area contributed by atoms with E-state index in [-0.39, 0.29) is 28.8 Å². The lowest BCUT2D eigenvalue weighted by molar-refractivity contribution is -0.133. The number of rotatable bonds is 4. The van der Waals surface area contributed by atoms with Crippen LogP contribution in [0.3, 0.4) is 0 Å². The highest BCUT2D eigenvalue weighted by atomic mass is 32.2. The van der Waals surface area contributed by atoms with Gasteiger partial charge in [-0.15, -0.1) is 0 Å². The third-order valence-corrected chi connectivity index (χ3v) is 5.35. The van der Waals surface area contributed by atoms with Crippen LogP contribution in [0.25, 0.3) is 4.91 Å². The fourth-order valence-corrected chi connectivity index (χ4v) is 3.84. The zero-order valence-corrected chi connectivity index (χ0v) is 14.3. The molecule has 130 valence electrons. The van der Waals surface area contributed by atoms with Gasteiger partial charge in [-0.3, -0.25) is 0 Å². The summed E-state index contributed by atoms with van der Waals surface area (Å²) in [5.41, 5.74) is 0.392. The molecular weight excluding hydrogens is 344 g/mol. The van der Waals surface area contributed by atoms with Crippen LogP contribution >= 0.6 is 0 Å². The predicted molar refractivity (Wildman–Crippen MR) is 91.7 cm³/mol. The van der Waals surface area contributed by atoms with E-state index in [9.17, 15) is 13.2 Å². The summed E-state index contributed by atoms with van der Waals surface area (Å²) in [5.74, 6) is -0.463. The number of esters is 1. The van der Waals surface area contributed by atoms with E-state index in [1.807, 2.05) is 0 Å². The smallest absolute Gasteiger partial charge is 0.380 e. The van der Waals surface area contributed by atoms with Gasteiger partial charge < -0.3 is 14.2 Å². The Hall–Kier alpha value is -2.80. The summed E-state index contributed by atoms with van der Waals surface area (Å²) in [6, 6.07) is 14.7. The summed E-state index contributed by atoms with van der Waals surface area (Å²) in [6.45, 7) is -0.0916. The highest BCUT2D eigenvalue weighted by Gasteiger charge is 2.34. The van der Waals surface area contributed by atoms with Crippen LogP contribution in [0.4, 0.5) is 0 Å². The Morgan fingerprint density at radius 2 is 1.64 bits per heavy atom. The van der Waals surface area contributed by atoms with Crippen LogP contribution < -0.4 is 9.47 Å². The van der Waals surface area contributed by atoms with Gasteiger partial charge >= 0.3 is 5.97 Å². The van der Waals surface area contributed by atoms with Crippen molar-refractivity contribution in [3.63, 3.8) is 0 Å². The van der Waals surface area contributed by atoms with Gasteiger partial charge in [0.1, 0.15) is 23.0 Å². The number of sulfone groups is 1. The number of methoxy groups -OCH3 is 1. The van der Waals surface area contributed by atoms with Gasteiger partial charge in [0.2, 0.25) is 5.76 Å². The number of ether oxygens (including phenoxy) is 3. The molecule has 0 aliphatic carbocycles. The van der Waals surface area contributed by atoms with E-state index in [1.54, 1.807) is 54.6 Å². The molecule has 0 saturated heterocycles. The number of hydrogen-bond acceptors (Lipinski definition) is 6. The van der Waals surface area contributed by atoms with Gasteiger partial charge in [-0.25, -0.2) is 13.2 Å². The van der Waals surface area contributed by atoms with Crippen molar-refractivity contribution in [1.82, 2.24) is 0 Å². The maximum absolute atomic E-state index is 12.5. The molecular formula is C18H16O6S. The minimum Gasteiger partial charge on any atom is -0.497 e. The van der Waals surface area contributed by atoms with Crippen molar-refractivity contribution in [2.75, 3.05) is 19.5 Å². The number of carbonyl (C=O) groups excluding carboxylic acids is 1. The van der Waals surface area contributed by atoms with Gasteiger partial charge in [0, 0.05) is 0 Å². The molecule has 0 aromatic heterocycles. The van der Waals surface area contributed by atoms with Gasteiger partial charge in [0.05, 0.1) is 12.9 Å². The van der Waals surface area contributed by atoms with E-state index in [1.165, 1.54) is 7.11 Å². The molecule has 0 radical (unpaired) electrons. The van der Waals surface area contributed by atoms with Crippen molar-refractivity contribution >= 4 is 20.7 Å². The second-order valence-corrected chi connectivity index (χ2v) is 7.30. The zero-order valence-electron chi connectivity index (χ0n) is 13.5. The molecule has 2 aromatic rings. The summed E-state index contributed by atoms with van der Waals surface area (Å²) >= 11 is 0. The summed E-state index contributed by atoms with van der Waals surface area (Å²) in [4.78, 5) is 12.4. The molecule has 25 heavy (non-hydrogen) atoms. The van der Waals surface area contributed by atoms with E-state index < -0.39 is 15.8 Å². The molecule has 2 aromatic carbocycles. The first-order chi connectivity index (χ1) is 12.0. The van der Waals surface area contributed by atoms with Gasteiger partial charge in [-0.05, 0) is 29.8 Å². The van der Waals surface area contributed by atoms with Crippen molar-refractivity contribution in [3.05, 3.63) is 65.9 Å². The summed E-state index contributed by atoms with van der Waals surface area (Å²) in [6.07, 6.45) is 0. The highest BCUT2D eigenvalue weighted by molar-refractivity contribution is 8.00. The highest BCUT2D eigenvalue weighted by Crippen LogP contribution is 2.31. The van der Waals surface area contributed by atoms with Crippen molar-refractivity contribution in [2.45, 2.75) is 0 Å². The van der Waals surface area contributed by atoms with Gasteiger partial charge in [-0.1, -0.05) is 30.3 Å². The monoisotopic (exact) mass is 360 g/mol. The molecule has 0 amide bonds. The number of hydrogen-bond donors (Lipinski definition) is 0. The lowest BCUT2D eigenvalue weighted by atomic mass is 10.2. The third-order valence-electron chi connectivity index (χ3n) is 3.61. The average Bonchev–Trinajstić information content (AvgIpc) is 2.62. The Morgan fingerprint density at radius 3 is 2.28 bits per heavy atom. The Kier molecular flexibility index (Phi) is 4.76. The second-order valence-electron chi connectivity index (χ2n) is 5.26. The average molecular weight is 360 g/mol. The minimum atomic E-state index is -3.64. The molecule has 1 heterocycles. The molecule has 0 unspecified atom stereocenters. The van der Waals surface area contributed by atoms with Crippen LogP contribution in [0.2, 0.25) is 0 Å². The topological polar surface area (TPSA) is 78.9 Å². The van der Waals surface area contributed by atoms with Crippen LogP contribution in [-0.2, 0) is 19.4 Å².